The Hall–Kier alpha value is 2.70. The first-order chi connectivity index (χ1) is 0. The van der Waals surface area contributed by atoms with Crippen molar-refractivity contribution < 1.29 is 17.1 Å². The number of hydrogen-bond acceptors (Lipinski definition) is 0. The largest absolute Gasteiger partial charge is 0 e. The smallest absolute Gasteiger partial charge is 0 e. The van der Waals surface area contributed by atoms with Crippen molar-refractivity contribution in [2.75, 3.05) is 0 Å². The molecule has 0 aliphatic rings. The molecule has 4 heavy (non-hydrogen) atoms. The minimum absolute atomic E-state index is 0. The normalized spacial score (nSPS) is 0. The van der Waals surface area contributed by atoms with Gasteiger partial charge in [0, 0.05) is 83.6 Å². The fraction of sp³-hybridized carbons (Fsp3) is 0. The standard InChI is InChI=1S/Cu.In.Se.Te. The molecule has 0 amide bonds. The number of rotatable bonds is 0. The van der Waals surface area contributed by atoms with Gasteiger partial charge in [0.15, 0.2) is 0 Å². The Morgan fingerprint density at radius 1 is 1.00 bits per heavy atom. The van der Waals surface area contributed by atoms with Crippen LogP contribution in [0.3, 0.4) is 0 Å². The van der Waals surface area contributed by atoms with E-state index in [0.717, 1.165) is 0 Å². The van der Waals surface area contributed by atoms with Gasteiger partial charge in [-0.1, -0.05) is 0 Å². The van der Waals surface area contributed by atoms with Gasteiger partial charge in [-0.05, 0) is 0 Å². The van der Waals surface area contributed by atoms with E-state index in [2.05, 4.69) is 0 Å². The summed E-state index contributed by atoms with van der Waals surface area (Å²) in [5.41, 5.74) is 0. The van der Waals surface area contributed by atoms with Crippen LogP contribution < -0.4 is 0 Å². The Morgan fingerprint density at radius 3 is 1.00 bits per heavy atom. The molecule has 0 aromatic carbocycles. The quantitative estimate of drug-likeness (QED) is 0.463. The third-order valence-electron chi connectivity index (χ3n) is 0. The topological polar surface area (TPSA) is 0 Å². The third kappa shape index (κ3) is 8.83. The monoisotopic (exact) mass is 388 g/mol. The van der Waals surface area contributed by atoms with Gasteiger partial charge in [0.05, 0.1) is 0 Å². The molecule has 26 valence electrons. The Morgan fingerprint density at radius 2 is 1.00 bits per heavy atom. The van der Waals surface area contributed by atoms with Crippen LogP contribution in [0.15, 0.2) is 0 Å². The molecule has 0 saturated heterocycles. The molecule has 0 spiro atoms. The molecule has 0 rings (SSSR count). The maximum Gasteiger partial charge on any atom is 0 e. The van der Waals surface area contributed by atoms with E-state index < -0.39 is 0 Å². The molecule has 0 fully saturated rings. The van der Waals surface area contributed by atoms with Crippen molar-refractivity contribution in [1.29, 1.82) is 0 Å². The molecule has 0 unspecified atom stereocenters. The molecule has 0 saturated carbocycles. The summed E-state index contributed by atoms with van der Waals surface area (Å²) >= 11 is 0. The van der Waals surface area contributed by atoms with Gasteiger partial charge in [0.2, 0.25) is 0 Å². The van der Waals surface area contributed by atoms with Gasteiger partial charge in [-0.15, -0.1) is 0 Å². The average Bonchev–Trinajstić information content (AvgIpc) is 0. The summed E-state index contributed by atoms with van der Waals surface area (Å²) in [5.74, 6) is 0. The van der Waals surface area contributed by atoms with Crippen molar-refractivity contribution in [1.82, 2.24) is 0 Å². The second-order valence-corrected chi connectivity index (χ2v) is 0. The first kappa shape index (κ1) is 29.9. The average molecular weight is 385 g/mol. The zero-order chi connectivity index (χ0) is 0. The van der Waals surface area contributed by atoms with Crippen LogP contribution in [-0.2, 0) is 17.1 Å². The summed E-state index contributed by atoms with van der Waals surface area (Å²) in [6.45, 7) is 0. The molecule has 0 N–H and O–H groups in total. The van der Waals surface area contributed by atoms with Crippen LogP contribution in [0.2, 0.25) is 0 Å². The maximum atomic E-state index is 0. The van der Waals surface area contributed by atoms with E-state index in [9.17, 15) is 0 Å². The van der Waals surface area contributed by atoms with Gasteiger partial charge in [0.25, 0.3) is 0 Å². The molecule has 0 bridgehead atoms. The van der Waals surface area contributed by atoms with Crippen LogP contribution in [-0.4, -0.2) is 66.6 Å². The fourth-order valence-electron chi connectivity index (χ4n) is 0. The fourth-order valence-corrected chi connectivity index (χ4v) is 0. The molecule has 8 radical (unpaired) electrons. The summed E-state index contributed by atoms with van der Waals surface area (Å²) in [5, 5.41) is 0. The van der Waals surface area contributed by atoms with Gasteiger partial charge >= 0.3 is 0 Å². The summed E-state index contributed by atoms with van der Waals surface area (Å²) in [4.78, 5) is 0. The van der Waals surface area contributed by atoms with Crippen LogP contribution in [0, 0.1) is 0 Å². The van der Waals surface area contributed by atoms with E-state index in [4.69, 9.17) is 0 Å². The minimum Gasteiger partial charge on any atom is 0 e. The molecule has 0 aliphatic heterocycles. The SMILES string of the molecule is [Cu].[In].[Se].[Te]. The summed E-state index contributed by atoms with van der Waals surface area (Å²) in [6.07, 6.45) is 0. The molecular weight excluding hydrogens is 385 g/mol. The molecule has 0 atom stereocenters. The Labute approximate surface area is 82.3 Å². The van der Waals surface area contributed by atoms with Crippen molar-refractivity contribution in [3.63, 3.8) is 0 Å². The van der Waals surface area contributed by atoms with Crippen LogP contribution in [0.25, 0.3) is 0 Å². The first-order valence-electron chi connectivity index (χ1n) is 0. The van der Waals surface area contributed by atoms with Gasteiger partial charge < -0.3 is 0 Å². The summed E-state index contributed by atoms with van der Waals surface area (Å²) < 4.78 is 0. The van der Waals surface area contributed by atoms with Gasteiger partial charge in [-0.25, -0.2) is 0 Å². The third-order valence-corrected chi connectivity index (χ3v) is 0. The van der Waals surface area contributed by atoms with E-state index >= 15 is 0 Å². The van der Waals surface area contributed by atoms with Gasteiger partial charge in [-0.3, -0.25) is 0 Å². The second kappa shape index (κ2) is 17.3. The van der Waals surface area contributed by atoms with Crippen molar-refractivity contribution in [3.8, 4) is 0 Å². The van der Waals surface area contributed by atoms with Gasteiger partial charge in [-0.2, -0.15) is 0 Å². The second-order valence-electron chi connectivity index (χ2n) is 0. The predicted molar refractivity (Wildman–Crippen MR) is 17.3 cm³/mol. The first-order valence-corrected chi connectivity index (χ1v) is 0. The van der Waals surface area contributed by atoms with E-state index in [1.165, 1.54) is 0 Å². The summed E-state index contributed by atoms with van der Waals surface area (Å²) in [6, 6.07) is 0. The molecule has 0 aromatic rings. The summed E-state index contributed by atoms with van der Waals surface area (Å²) in [7, 11) is 0. The number of hydrogen-bond donors (Lipinski definition) is 0. The minimum atomic E-state index is 0. The molecule has 0 heterocycles. The molecule has 0 aliphatic carbocycles. The van der Waals surface area contributed by atoms with Crippen LogP contribution in [0.5, 0.6) is 0 Å². The van der Waals surface area contributed by atoms with Crippen molar-refractivity contribution in [2.24, 2.45) is 0 Å². The van der Waals surface area contributed by atoms with Crippen molar-refractivity contribution >= 4 is 66.6 Å². The van der Waals surface area contributed by atoms with Gasteiger partial charge in [0.1, 0.15) is 0 Å². The molecule has 0 nitrogen and oxygen atoms in total. The Bertz CT molecular complexity index is 8.00. The maximum absolute atomic E-state index is 0. The molecule has 0 aromatic heterocycles. The predicted octanol–water partition coefficient (Wildman–Crippen LogP) is -1.14. The Balaban J connectivity index is 0. The molecular formula is CuInSeTe. The van der Waals surface area contributed by atoms with E-state index in [1.807, 2.05) is 0 Å². The zero-order valence-electron chi connectivity index (χ0n) is 1.70. The van der Waals surface area contributed by atoms with Crippen LogP contribution in [0.4, 0.5) is 0 Å². The van der Waals surface area contributed by atoms with Crippen LogP contribution >= 0.6 is 0 Å². The zero-order valence-corrected chi connectivity index (χ0v) is 9.98. The van der Waals surface area contributed by atoms with Crippen LogP contribution in [0.1, 0.15) is 0 Å². The van der Waals surface area contributed by atoms with E-state index in [1.54, 1.807) is 0 Å². The van der Waals surface area contributed by atoms with E-state index in [0.29, 0.717) is 0 Å². The Kier molecular flexibility index (Phi) is 129. The van der Waals surface area contributed by atoms with Crippen molar-refractivity contribution in [2.45, 2.75) is 0 Å². The van der Waals surface area contributed by atoms with E-state index in [-0.39, 0.29) is 83.6 Å². The van der Waals surface area contributed by atoms with Crippen molar-refractivity contribution in [3.05, 3.63) is 0 Å². The molecule has 4 heteroatoms.